The fourth-order valence-corrected chi connectivity index (χ4v) is 5.37. The van der Waals surface area contributed by atoms with Crippen LogP contribution in [-0.2, 0) is 19.5 Å². The Bertz CT molecular complexity index is 922. The van der Waals surface area contributed by atoms with E-state index in [4.69, 9.17) is 4.99 Å². The Morgan fingerprint density at radius 3 is 2.94 bits per heavy atom. The Hall–Kier alpha value is -2.22. The molecule has 0 bridgehead atoms. The van der Waals surface area contributed by atoms with E-state index in [1.54, 1.807) is 4.68 Å². The van der Waals surface area contributed by atoms with E-state index in [0.717, 1.165) is 69.4 Å². The number of thioether (sulfide) groups is 1. The molecule has 0 amide bonds. The first kappa shape index (κ1) is 22.0. The highest BCUT2D eigenvalue weighted by Crippen LogP contribution is 2.25. The molecule has 1 aromatic carbocycles. The molecule has 2 aliphatic heterocycles. The summed E-state index contributed by atoms with van der Waals surface area (Å²) < 4.78 is 3.48. The molecule has 1 saturated heterocycles. The van der Waals surface area contributed by atoms with Crippen LogP contribution in [0.15, 0.2) is 45.0 Å². The maximum Gasteiger partial charge on any atom is 0.345 e. The van der Waals surface area contributed by atoms with Crippen LogP contribution in [0.4, 0.5) is 0 Å². The number of aliphatic imine (C=N–C) groups is 1. The summed E-state index contributed by atoms with van der Waals surface area (Å²) in [6.45, 7) is 7.25. The monoisotopic (exact) mass is 442 g/mol. The van der Waals surface area contributed by atoms with Gasteiger partial charge in [-0.3, -0.25) is 9.56 Å². The normalized spacial score (nSPS) is 18.9. The minimum absolute atomic E-state index is 0.0453. The summed E-state index contributed by atoms with van der Waals surface area (Å²) in [4.78, 5) is 21.0. The van der Waals surface area contributed by atoms with Crippen LogP contribution in [0.2, 0.25) is 0 Å². The lowest BCUT2D eigenvalue weighted by Crippen LogP contribution is -2.40. The second-order valence-electron chi connectivity index (χ2n) is 8.34. The topological polar surface area (TPSA) is 67.5 Å². The molecule has 0 radical (unpaired) electrons. The van der Waals surface area contributed by atoms with E-state index in [-0.39, 0.29) is 5.69 Å². The van der Waals surface area contributed by atoms with Gasteiger partial charge in [0.05, 0.1) is 0 Å². The minimum atomic E-state index is 0.0453. The Morgan fingerprint density at radius 1 is 1.26 bits per heavy atom. The van der Waals surface area contributed by atoms with Crippen LogP contribution in [-0.4, -0.2) is 57.1 Å². The number of rotatable bonds is 8. The maximum atomic E-state index is 12.5. The lowest BCUT2D eigenvalue weighted by atomic mass is 10.2. The molecule has 1 atom stereocenters. The average Bonchev–Trinajstić information content (AvgIpc) is 3.40. The van der Waals surface area contributed by atoms with E-state index in [1.165, 1.54) is 11.3 Å². The highest BCUT2D eigenvalue weighted by atomic mass is 32.2. The van der Waals surface area contributed by atoms with Gasteiger partial charge in [0.25, 0.3) is 0 Å². The molecular formula is C23H34N6OS. The summed E-state index contributed by atoms with van der Waals surface area (Å²) in [6, 6.07) is 10.6. The number of fused-ring (bicyclic) bond motifs is 1. The van der Waals surface area contributed by atoms with Gasteiger partial charge in [-0.25, -0.2) is 9.48 Å². The van der Waals surface area contributed by atoms with Crippen LogP contribution >= 0.6 is 11.8 Å². The lowest BCUT2D eigenvalue weighted by molar-refractivity contribution is 0.472. The van der Waals surface area contributed by atoms with Gasteiger partial charge in [0.15, 0.2) is 5.96 Å². The zero-order valence-corrected chi connectivity index (χ0v) is 19.3. The largest absolute Gasteiger partial charge is 0.357 e. The van der Waals surface area contributed by atoms with Crippen molar-refractivity contribution in [2.75, 3.05) is 31.9 Å². The van der Waals surface area contributed by atoms with Crippen LogP contribution in [0.5, 0.6) is 0 Å². The highest BCUT2D eigenvalue weighted by Gasteiger charge is 2.25. The molecule has 7 nitrogen and oxygen atoms in total. The molecule has 8 heteroatoms. The van der Waals surface area contributed by atoms with Crippen molar-refractivity contribution in [1.29, 1.82) is 0 Å². The van der Waals surface area contributed by atoms with Gasteiger partial charge in [0.1, 0.15) is 5.82 Å². The number of benzene rings is 1. The molecule has 1 fully saturated rings. The molecule has 3 heterocycles. The zero-order chi connectivity index (χ0) is 21.5. The predicted molar refractivity (Wildman–Crippen MR) is 127 cm³/mol. The lowest BCUT2D eigenvalue weighted by Gasteiger charge is -2.21. The maximum absolute atomic E-state index is 12.5. The highest BCUT2D eigenvalue weighted by molar-refractivity contribution is 7.99. The van der Waals surface area contributed by atoms with Crippen LogP contribution in [0.3, 0.4) is 0 Å². The third-order valence-electron chi connectivity index (χ3n) is 5.97. The molecule has 4 rings (SSSR count). The number of hydrogen-bond acceptors (Lipinski definition) is 4. The Kier molecular flexibility index (Phi) is 7.72. The van der Waals surface area contributed by atoms with Gasteiger partial charge in [-0.1, -0.05) is 18.2 Å². The molecule has 0 spiro atoms. The fraction of sp³-hybridized carbons (Fsp3) is 0.609. The van der Waals surface area contributed by atoms with Crippen LogP contribution in [0.1, 0.15) is 38.4 Å². The Morgan fingerprint density at radius 2 is 2.13 bits per heavy atom. The Balaban J connectivity index is 1.26. The van der Waals surface area contributed by atoms with Crippen LogP contribution in [0, 0.1) is 5.92 Å². The van der Waals surface area contributed by atoms with Crippen LogP contribution in [0.25, 0.3) is 0 Å². The summed E-state index contributed by atoms with van der Waals surface area (Å²) >= 11 is 1.95. The van der Waals surface area contributed by atoms with Gasteiger partial charge in [0, 0.05) is 56.3 Å². The number of aryl methyl sites for hydroxylation is 2. The number of hydrogen-bond donors (Lipinski definition) is 1. The van der Waals surface area contributed by atoms with Gasteiger partial charge >= 0.3 is 5.69 Å². The molecule has 31 heavy (non-hydrogen) atoms. The predicted octanol–water partition coefficient (Wildman–Crippen LogP) is 2.85. The van der Waals surface area contributed by atoms with E-state index >= 15 is 0 Å². The fourth-order valence-electron chi connectivity index (χ4n) is 4.32. The second-order valence-corrected chi connectivity index (χ2v) is 9.44. The van der Waals surface area contributed by atoms with E-state index in [9.17, 15) is 4.79 Å². The molecule has 0 aliphatic carbocycles. The van der Waals surface area contributed by atoms with Gasteiger partial charge in [-0.2, -0.15) is 5.10 Å². The number of likely N-dealkylation sites (tertiary alicyclic amines) is 1. The quantitative estimate of drug-likeness (QED) is 0.295. The smallest absolute Gasteiger partial charge is 0.345 e. The summed E-state index contributed by atoms with van der Waals surface area (Å²) in [7, 11) is 0. The first-order valence-corrected chi connectivity index (χ1v) is 12.6. The van der Waals surface area contributed by atoms with Crippen LogP contribution < -0.4 is 11.0 Å². The number of nitrogens with one attached hydrogen (secondary N) is 1. The molecule has 2 aliphatic rings. The van der Waals surface area contributed by atoms with Gasteiger partial charge in [-0.15, -0.1) is 11.8 Å². The summed E-state index contributed by atoms with van der Waals surface area (Å²) in [5.74, 6) is 3.79. The zero-order valence-electron chi connectivity index (χ0n) is 18.5. The van der Waals surface area contributed by atoms with Crippen molar-refractivity contribution in [3.05, 3.63) is 46.6 Å². The molecule has 0 saturated carbocycles. The first-order chi connectivity index (χ1) is 15.2. The molecule has 1 aromatic heterocycles. The van der Waals surface area contributed by atoms with E-state index in [2.05, 4.69) is 52.6 Å². The van der Waals surface area contributed by atoms with E-state index < -0.39 is 0 Å². The van der Waals surface area contributed by atoms with Crippen molar-refractivity contribution in [2.24, 2.45) is 10.9 Å². The molecule has 1 unspecified atom stereocenters. The molecule has 168 valence electrons. The van der Waals surface area contributed by atoms with Crippen molar-refractivity contribution in [3.63, 3.8) is 0 Å². The van der Waals surface area contributed by atoms with Crippen molar-refractivity contribution >= 4 is 17.7 Å². The van der Waals surface area contributed by atoms with E-state index in [1.807, 2.05) is 16.3 Å². The molecular weight excluding hydrogens is 408 g/mol. The first-order valence-electron chi connectivity index (χ1n) is 11.6. The van der Waals surface area contributed by atoms with E-state index in [0.29, 0.717) is 19.0 Å². The Labute approximate surface area is 188 Å². The van der Waals surface area contributed by atoms with Gasteiger partial charge in [-0.05, 0) is 50.7 Å². The third kappa shape index (κ3) is 5.73. The number of nitrogens with zero attached hydrogens (tertiary/aromatic N) is 5. The number of guanidine groups is 1. The molecule has 2 aromatic rings. The second kappa shape index (κ2) is 10.9. The van der Waals surface area contributed by atoms with Crippen molar-refractivity contribution in [2.45, 2.75) is 57.0 Å². The third-order valence-corrected chi connectivity index (χ3v) is 7.21. The SMILES string of the molecule is CCNC(=NCCCn1nc2n(c1=O)CCCC2)N1CCC(CSc2ccccc2)C1. The summed E-state index contributed by atoms with van der Waals surface area (Å²) in [6.07, 6.45) is 5.17. The summed E-state index contributed by atoms with van der Waals surface area (Å²) in [5.41, 5.74) is 0.0453. The minimum Gasteiger partial charge on any atom is -0.357 e. The van der Waals surface area contributed by atoms with Crippen molar-refractivity contribution in [3.8, 4) is 0 Å². The van der Waals surface area contributed by atoms with Crippen molar-refractivity contribution < 1.29 is 0 Å². The van der Waals surface area contributed by atoms with Gasteiger partial charge in [0.2, 0.25) is 0 Å². The standard InChI is InChI=1S/C23H34N6OS/c1-2-24-22(27-16-12-19(17-27)18-31-20-9-4-3-5-10-20)25-13-8-15-29-23(30)28-14-7-6-11-21(28)26-29/h3-5,9-10,19H,2,6-8,11-18H2,1H3,(H,24,25). The number of aromatic nitrogens is 3. The summed E-state index contributed by atoms with van der Waals surface area (Å²) in [5, 5.41) is 7.98. The van der Waals surface area contributed by atoms with Crippen molar-refractivity contribution in [1.82, 2.24) is 24.6 Å². The molecule has 1 N–H and O–H groups in total. The average molecular weight is 443 g/mol. The van der Waals surface area contributed by atoms with Gasteiger partial charge < -0.3 is 10.2 Å².